The Morgan fingerprint density at radius 2 is 1.45 bits per heavy atom. The first-order valence-corrected chi connectivity index (χ1v) is 9.81. The summed E-state index contributed by atoms with van der Waals surface area (Å²) in [5, 5.41) is 2.72. The maximum atomic E-state index is 12.7. The summed E-state index contributed by atoms with van der Waals surface area (Å²) in [5.74, 6) is -0.129. The van der Waals surface area contributed by atoms with Crippen molar-refractivity contribution in [2.45, 2.75) is 6.92 Å². The fraction of sp³-hybridized carbons (Fsp3) is 0.125. The zero-order chi connectivity index (χ0) is 21.8. The largest absolute Gasteiger partial charge is 0.490 e. The third kappa shape index (κ3) is 4.11. The van der Waals surface area contributed by atoms with Crippen LogP contribution in [0.25, 0.3) is 0 Å². The van der Waals surface area contributed by atoms with Crippen molar-refractivity contribution in [3.63, 3.8) is 0 Å². The normalized spacial score (nSPS) is 12.5. The van der Waals surface area contributed by atoms with Gasteiger partial charge in [-0.1, -0.05) is 30.3 Å². The Kier molecular flexibility index (Phi) is 5.66. The van der Waals surface area contributed by atoms with Crippen LogP contribution in [0.2, 0.25) is 0 Å². The molecule has 0 saturated heterocycles. The minimum absolute atomic E-state index is 0.221. The monoisotopic (exact) mass is 416 g/mol. The molecule has 31 heavy (non-hydrogen) atoms. The number of nitrogens with one attached hydrogen (secondary N) is 1. The van der Waals surface area contributed by atoms with Crippen molar-refractivity contribution in [1.29, 1.82) is 0 Å². The molecule has 7 heteroatoms. The van der Waals surface area contributed by atoms with E-state index in [1.807, 2.05) is 13.0 Å². The Balaban J connectivity index is 1.44. The fourth-order valence-electron chi connectivity index (χ4n) is 3.33. The van der Waals surface area contributed by atoms with Gasteiger partial charge in [-0.25, -0.2) is 4.90 Å². The molecule has 0 atom stereocenters. The highest BCUT2D eigenvalue weighted by atomic mass is 16.5. The number of imide groups is 1. The number of rotatable bonds is 7. The standard InChI is InChI=1S/C24H20N2O5/c1-2-30-20-12-5-6-13-21(20)31-15-22(27)25-16-8-7-9-17(14-16)26-23(28)18-10-3-4-11-19(18)24(26)29/h3-14H,2,15H2,1H3,(H,25,27). The van der Waals surface area contributed by atoms with Crippen LogP contribution in [0.15, 0.2) is 72.8 Å². The molecule has 1 aliphatic heterocycles. The Hall–Kier alpha value is -4.13. The first-order chi connectivity index (χ1) is 15.1. The maximum absolute atomic E-state index is 12.7. The van der Waals surface area contributed by atoms with Gasteiger partial charge in [-0.2, -0.15) is 0 Å². The molecular weight excluding hydrogens is 396 g/mol. The van der Waals surface area contributed by atoms with Gasteiger partial charge in [-0.05, 0) is 49.4 Å². The lowest BCUT2D eigenvalue weighted by molar-refractivity contribution is -0.118. The summed E-state index contributed by atoms with van der Waals surface area (Å²) in [6.45, 7) is 2.13. The van der Waals surface area contributed by atoms with E-state index in [-0.39, 0.29) is 24.3 Å². The van der Waals surface area contributed by atoms with Gasteiger partial charge < -0.3 is 14.8 Å². The first-order valence-electron chi connectivity index (χ1n) is 9.81. The summed E-state index contributed by atoms with van der Waals surface area (Å²) in [4.78, 5) is 38.8. The molecule has 0 radical (unpaired) electrons. The van der Waals surface area contributed by atoms with Gasteiger partial charge in [0.1, 0.15) is 0 Å². The summed E-state index contributed by atoms with van der Waals surface area (Å²) in [6, 6.07) is 20.3. The van der Waals surface area contributed by atoms with Crippen molar-refractivity contribution >= 4 is 29.1 Å². The average Bonchev–Trinajstić information content (AvgIpc) is 3.04. The van der Waals surface area contributed by atoms with Crippen molar-refractivity contribution in [2.24, 2.45) is 0 Å². The zero-order valence-electron chi connectivity index (χ0n) is 16.8. The summed E-state index contributed by atoms with van der Waals surface area (Å²) in [5.41, 5.74) is 1.55. The second-order valence-corrected chi connectivity index (χ2v) is 6.76. The van der Waals surface area contributed by atoms with Crippen molar-refractivity contribution in [2.75, 3.05) is 23.4 Å². The van der Waals surface area contributed by atoms with Crippen LogP contribution >= 0.6 is 0 Å². The lowest BCUT2D eigenvalue weighted by Crippen LogP contribution is -2.29. The number of anilines is 2. The molecule has 156 valence electrons. The molecular formula is C24H20N2O5. The van der Waals surface area contributed by atoms with Gasteiger partial charge in [0.05, 0.1) is 23.4 Å². The number of nitrogens with zero attached hydrogens (tertiary/aromatic N) is 1. The number of fused-ring (bicyclic) bond motifs is 1. The molecule has 0 unspecified atom stereocenters. The van der Waals surface area contributed by atoms with Crippen LogP contribution in [-0.2, 0) is 4.79 Å². The molecule has 0 aromatic heterocycles. The van der Waals surface area contributed by atoms with Crippen LogP contribution in [-0.4, -0.2) is 30.9 Å². The number of hydrogen-bond donors (Lipinski definition) is 1. The maximum Gasteiger partial charge on any atom is 0.266 e. The van der Waals surface area contributed by atoms with E-state index in [1.54, 1.807) is 66.7 Å². The number of benzene rings is 3. The fourth-order valence-corrected chi connectivity index (χ4v) is 3.33. The molecule has 7 nitrogen and oxygen atoms in total. The second kappa shape index (κ2) is 8.71. The number of para-hydroxylation sites is 2. The van der Waals surface area contributed by atoms with Gasteiger partial charge >= 0.3 is 0 Å². The van der Waals surface area contributed by atoms with Gasteiger partial charge in [0.2, 0.25) is 0 Å². The third-order valence-electron chi connectivity index (χ3n) is 4.69. The summed E-state index contributed by atoms with van der Waals surface area (Å²) >= 11 is 0. The van der Waals surface area contributed by atoms with Crippen molar-refractivity contribution in [3.05, 3.63) is 83.9 Å². The van der Waals surface area contributed by atoms with Crippen LogP contribution < -0.4 is 19.7 Å². The molecule has 3 amide bonds. The SMILES string of the molecule is CCOc1ccccc1OCC(=O)Nc1cccc(N2C(=O)c3ccccc3C2=O)c1. The Morgan fingerprint density at radius 3 is 2.10 bits per heavy atom. The number of hydrogen-bond acceptors (Lipinski definition) is 5. The average molecular weight is 416 g/mol. The van der Waals surface area contributed by atoms with Crippen LogP contribution in [0.5, 0.6) is 11.5 Å². The molecule has 1 aliphatic rings. The van der Waals surface area contributed by atoms with Gasteiger partial charge in [0.25, 0.3) is 17.7 Å². The molecule has 0 bridgehead atoms. The molecule has 0 saturated carbocycles. The Bertz CT molecular complexity index is 1120. The predicted molar refractivity (Wildman–Crippen MR) is 116 cm³/mol. The lowest BCUT2D eigenvalue weighted by Gasteiger charge is -2.15. The highest BCUT2D eigenvalue weighted by Crippen LogP contribution is 2.30. The van der Waals surface area contributed by atoms with Crippen molar-refractivity contribution in [3.8, 4) is 11.5 Å². The van der Waals surface area contributed by atoms with Crippen LogP contribution in [0.1, 0.15) is 27.6 Å². The molecule has 3 aromatic rings. The number of carbonyl (C=O) groups is 3. The highest BCUT2D eigenvalue weighted by molar-refractivity contribution is 6.34. The first kappa shape index (κ1) is 20.2. The lowest BCUT2D eigenvalue weighted by atomic mass is 10.1. The molecule has 4 rings (SSSR count). The topological polar surface area (TPSA) is 84.9 Å². The molecule has 1 heterocycles. The van der Waals surface area contributed by atoms with E-state index in [0.29, 0.717) is 40.6 Å². The zero-order valence-corrected chi connectivity index (χ0v) is 16.8. The second-order valence-electron chi connectivity index (χ2n) is 6.76. The smallest absolute Gasteiger partial charge is 0.266 e. The van der Waals surface area contributed by atoms with E-state index in [0.717, 1.165) is 4.90 Å². The summed E-state index contributed by atoms with van der Waals surface area (Å²) in [6.07, 6.45) is 0. The van der Waals surface area contributed by atoms with Gasteiger partial charge in [0, 0.05) is 5.69 Å². The van der Waals surface area contributed by atoms with Crippen LogP contribution in [0, 0.1) is 0 Å². The Labute approximate surface area is 179 Å². The van der Waals surface area contributed by atoms with Gasteiger partial charge in [-0.15, -0.1) is 0 Å². The van der Waals surface area contributed by atoms with Crippen molar-refractivity contribution in [1.82, 2.24) is 0 Å². The van der Waals surface area contributed by atoms with Crippen molar-refractivity contribution < 1.29 is 23.9 Å². The third-order valence-corrected chi connectivity index (χ3v) is 4.69. The quantitative estimate of drug-likeness (QED) is 0.591. The van der Waals surface area contributed by atoms with Gasteiger partial charge in [-0.3, -0.25) is 14.4 Å². The molecule has 0 aliphatic carbocycles. The van der Waals surface area contributed by atoms with E-state index < -0.39 is 0 Å². The molecule has 0 spiro atoms. The van der Waals surface area contributed by atoms with E-state index in [9.17, 15) is 14.4 Å². The van der Waals surface area contributed by atoms with Crippen LogP contribution in [0.3, 0.4) is 0 Å². The predicted octanol–water partition coefficient (Wildman–Crippen LogP) is 3.90. The van der Waals surface area contributed by atoms with Gasteiger partial charge in [0.15, 0.2) is 18.1 Å². The van der Waals surface area contributed by atoms with E-state index >= 15 is 0 Å². The van der Waals surface area contributed by atoms with Crippen LogP contribution in [0.4, 0.5) is 11.4 Å². The Morgan fingerprint density at radius 1 is 0.839 bits per heavy atom. The molecule has 0 fully saturated rings. The molecule has 3 aromatic carbocycles. The summed E-state index contributed by atoms with van der Waals surface area (Å²) in [7, 11) is 0. The number of ether oxygens (including phenoxy) is 2. The van der Waals surface area contributed by atoms with E-state index in [1.165, 1.54) is 0 Å². The summed E-state index contributed by atoms with van der Waals surface area (Å²) < 4.78 is 11.1. The number of amides is 3. The van der Waals surface area contributed by atoms with E-state index in [2.05, 4.69) is 5.32 Å². The molecule has 1 N–H and O–H groups in total. The minimum Gasteiger partial charge on any atom is -0.490 e. The highest BCUT2D eigenvalue weighted by Gasteiger charge is 2.36. The number of carbonyl (C=O) groups excluding carboxylic acids is 3. The van der Waals surface area contributed by atoms with E-state index in [4.69, 9.17) is 9.47 Å². The minimum atomic E-state index is -0.389.